The lowest BCUT2D eigenvalue weighted by Crippen LogP contribution is -2.21. The number of anilines is 2. The van der Waals surface area contributed by atoms with Gasteiger partial charge in [0.1, 0.15) is 25.1 Å². The van der Waals surface area contributed by atoms with E-state index >= 15 is 0 Å². The van der Waals surface area contributed by atoms with Crippen LogP contribution in [0.3, 0.4) is 0 Å². The highest BCUT2D eigenvalue weighted by atomic mass is 16.6. The molecule has 4 aromatic carbocycles. The standard InChI is InChI=1S/C32H30N2O5/c1-21(2)30(35)26-19-24(33-32(36)34-25-14-16-28-29(20-25)38-18-17-37-28)13-15-27(26)39-31(22-9-5-3-6-10-22)23-11-7-4-8-12-23/h3-16,19-21,31H,17-18H2,1-2H3,(H2,33,34,36). The van der Waals surface area contributed by atoms with Gasteiger partial charge in [0.2, 0.25) is 0 Å². The van der Waals surface area contributed by atoms with Crippen LogP contribution in [-0.2, 0) is 0 Å². The molecule has 0 fully saturated rings. The molecule has 7 nitrogen and oxygen atoms in total. The molecule has 0 unspecified atom stereocenters. The Morgan fingerprint density at radius 1 is 0.718 bits per heavy atom. The van der Waals surface area contributed by atoms with Crippen LogP contribution in [0.5, 0.6) is 17.2 Å². The van der Waals surface area contributed by atoms with Crippen molar-refractivity contribution < 1.29 is 23.8 Å². The number of carbonyl (C=O) groups excluding carboxylic acids is 2. The summed E-state index contributed by atoms with van der Waals surface area (Å²) in [6.45, 7) is 4.63. The van der Waals surface area contributed by atoms with E-state index in [4.69, 9.17) is 14.2 Å². The van der Waals surface area contributed by atoms with Gasteiger partial charge >= 0.3 is 6.03 Å². The minimum absolute atomic E-state index is 0.0826. The van der Waals surface area contributed by atoms with Crippen LogP contribution >= 0.6 is 0 Å². The first kappa shape index (κ1) is 25.9. The van der Waals surface area contributed by atoms with Crippen LogP contribution in [0, 0.1) is 5.92 Å². The van der Waals surface area contributed by atoms with Crippen molar-refractivity contribution in [3.63, 3.8) is 0 Å². The molecule has 0 aromatic heterocycles. The first-order valence-electron chi connectivity index (χ1n) is 12.9. The zero-order valence-corrected chi connectivity index (χ0v) is 21.8. The maximum Gasteiger partial charge on any atom is 0.323 e. The normalized spacial score (nSPS) is 12.2. The van der Waals surface area contributed by atoms with Crippen molar-refractivity contribution in [1.82, 2.24) is 0 Å². The summed E-state index contributed by atoms with van der Waals surface area (Å²) < 4.78 is 17.6. The summed E-state index contributed by atoms with van der Waals surface area (Å²) in [6, 6.07) is 29.6. The van der Waals surface area contributed by atoms with Crippen molar-refractivity contribution in [2.45, 2.75) is 20.0 Å². The summed E-state index contributed by atoms with van der Waals surface area (Å²) in [5.74, 6) is 1.33. The van der Waals surface area contributed by atoms with E-state index in [1.54, 1.807) is 36.4 Å². The van der Waals surface area contributed by atoms with Gasteiger partial charge in [-0.2, -0.15) is 0 Å². The second-order valence-electron chi connectivity index (χ2n) is 9.49. The van der Waals surface area contributed by atoms with Gasteiger partial charge in [-0.1, -0.05) is 74.5 Å². The van der Waals surface area contributed by atoms with E-state index in [0.717, 1.165) is 11.1 Å². The molecular formula is C32H30N2O5. The predicted molar refractivity (Wildman–Crippen MR) is 151 cm³/mol. The average Bonchev–Trinajstić information content (AvgIpc) is 2.96. The quantitative estimate of drug-likeness (QED) is 0.241. The average molecular weight is 523 g/mol. The number of fused-ring (bicyclic) bond motifs is 1. The summed E-state index contributed by atoms with van der Waals surface area (Å²) in [5.41, 5.74) is 3.36. The molecule has 0 atom stereocenters. The summed E-state index contributed by atoms with van der Waals surface area (Å²) in [5, 5.41) is 5.62. The highest BCUT2D eigenvalue weighted by molar-refractivity contribution is 6.03. The molecule has 1 heterocycles. The number of hydrogen-bond donors (Lipinski definition) is 2. The number of Topliss-reactive ketones (excluding diaryl/α,β-unsaturated/α-hetero) is 1. The Kier molecular flexibility index (Phi) is 7.78. The monoisotopic (exact) mass is 522 g/mol. The SMILES string of the molecule is CC(C)C(=O)c1cc(NC(=O)Nc2ccc3c(c2)OCCO3)ccc1OC(c1ccccc1)c1ccccc1. The fourth-order valence-electron chi connectivity index (χ4n) is 4.34. The van der Waals surface area contributed by atoms with E-state index in [1.165, 1.54) is 0 Å². The first-order chi connectivity index (χ1) is 19.0. The van der Waals surface area contributed by atoms with Gasteiger partial charge < -0.3 is 24.8 Å². The van der Waals surface area contributed by atoms with Gasteiger partial charge in [0.25, 0.3) is 0 Å². The number of hydrogen-bond acceptors (Lipinski definition) is 5. The number of urea groups is 1. The lowest BCUT2D eigenvalue weighted by atomic mass is 9.98. The number of nitrogens with one attached hydrogen (secondary N) is 2. The number of carbonyl (C=O) groups is 2. The zero-order chi connectivity index (χ0) is 27.2. The zero-order valence-electron chi connectivity index (χ0n) is 21.8. The minimum Gasteiger partial charge on any atom is -0.486 e. The van der Waals surface area contributed by atoms with E-state index in [2.05, 4.69) is 10.6 Å². The van der Waals surface area contributed by atoms with Crippen molar-refractivity contribution in [3.05, 3.63) is 114 Å². The topological polar surface area (TPSA) is 85.9 Å². The molecule has 5 rings (SSSR count). The number of amides is 2. The van der Waals surface area contributed by atoms with Gasteiger partial charge in [0.05, 0.1) is 5.56 Å². The van der Waals surface area contributed by atoms with E-state index in [9.17, 15) is 9.59 Å². The van der Waals surface area contributed by atoms with E-state index in [1.807, 2.05) is 74.5 Å². The molecule has 0 spiro atoms. The molecule has 0 saturated carbocycles. The maximum atomic E-state index is 13.3. The maximum absolute atomic E-state index is 13.3. The molecule has 0 saturated heterocycles. The van der Waals surface area contributed by atoms with Crippen LogP contribution in [-0.4, -0.2) is 25.0 Å². The molecule has 7 heteroatoms. The highest BCUT2D eigenvalue weighted by Crippen LogP contribution is 2.34. The number of ether oxygens (including phenoxy) is 3. The van der Waals surface area contributed by atoms with Gasteiger partial charge in [0, 0.05) is 23.4 Å². The molecule has 0 radical (unpaired) electrons. The van der Waals surface area contributed by atoms with Crippen molar-refractivity contribution in [2.75, 3.05) is 23.8 Å². The van der Waals surface area contributed by atoms with Gasteiger partial charge in [-0.05, 0) is 41.5 Å². The molecule has 2 amide bonds. The third-order valence-electron chi connectivity index (χ3n) is 6.28. The fourth-order valence-corrected chi connectivity index (χ4v) is 4.34. The Labute approximate surface area is 227 Å². The van der Waals surface area contributed by atoms with Gasteiger partial charge in [0.15, 0.2) is 17.3 Å². The van der Waals surface area contributed by atoms with Gasteiger partial charge in [-0.15, -0.1) is 0 Å². The smallest absolute Gasteiger partial charge is 0.323 e. The number of ketones is 1. The highest BCUT2D eigenvalue weighted by Gasteiger charge is 2.22. The Balaban J connectivity index is 1.39. The largest absolute Gasteiger partial charge is 0.486 e. The van der Waals surface area contributed by atoms with Crippen LogP contribution in [0.15, 0.2) is 97.1 Å². The molecule has 1 aliphatic heterocycles. The van der Waals surface area contributed by atoms with Crippen LogP contribution in [0.1, 0.15) is 41.4 Å². The van der Waals surface area contributed by atoms with E-state index in [0.29, 0.717) is 47.4 Å². The second-order valence-corrected chi connectivity index (χ2v) is 9.49. The van der Waals surface area contributed by atoms with E-state index in [-0.39, 0.29) is 11.7 Å². The summed E-state index contributed by atoms with van der Waals surface area (Å²) in [4.78, 5) is 26.0. The molecular weight excluding hydrogens is 492 g/mol. The first-order valence-corrected chi connectivity index (χ1v) is 12.9. The third-order valence-corrected chi connectivity index (χ3v) is 6.28. The summed E-state index contributed by atoms with van der Waals surface area (Å²) in [7, 11) is 0. The Bertz CT molecular complexity index is 1410. The molecule has 0 aliphatic carbocycles. The number of rotatable bonds is 8. The molecule has 39 heavy (non-hydrogen) atoms. The molecule has 4 aromatic rings. The Morgan fingerprint density at radius 2 is 1.28 bits per heavy atom. The third kappa shape index (κ3) is 6.21. The summed E-state index contributed by atoms with van der Waals surface area (Å²) in [6.07, 6.45) is -0.413. The van der Waals surface area contributed by atoms with Crippen LogP contribution in [0.4, 0.5) is 16.2 Å². The molecule has 2 N–H and O–H groups in total. The lowest BCUT2D eigenvalue weighted by molar-refractivity contribution is 0.0933. The molecule has 0 bridgehead atoms. The Morgan fingerprint density at radius 3 is 1.90 bits per heavy atom. The van der Waals surface area contributed by atoms with Gasteiger partial charge in [-0.25, -0.2) is 4.79 Å². The Hall–Kier alpha value is -4.78. The number of benzene rings is 4. The van der Waals surface area contributed by atoms with E-state index < -0.39 is 12.1 Å². The second kappa shape index (κ2) is 11.7. The minimum atomic E-state index is -0.449. The summed E-state index contributed by atoms with van der Waals surface area (Å²) >= 11 is 0. The van der Waals surface area contributed by atoms with Crippen molar-refractivity contribution >= 4 is 23.2 Å². The van der Waals surface area contributed by atoms with Crippen molar-refractivity contribution in [3.8, 4) is 17.2 Å². The molecule has 198 valence electrons. The van der Waals surface area contributed by atoms with Crippen LogP contribution < -0.4 is 24.8 Å². The van der Waals surface area contributed by atoms with Gasteiger partial charge in [-0.3, -0.25) is 4.79 Å². The van der Waals surface area contributed by atoms with Crippen LogP contribution in [0.25, 0.3) is 0 Å². The predicted octanol–water partition coefficient (Wildman–Crippen LogP) is 7.11. The van der Waals surface area contributed by atoms with Crippen molar-refractivity contribution in [1.29, 1.82) is 0 Å². The van der Waals surface area contributed by atoms with Crippen molar-refractivity contribution in [2.24, 2.45) is 5.92 Å². The fraction of sp³-hybridized carbons (Fsp3) is 0.188. The van der Waals surface area contributed by atoms with Crippen LogP contribution in [0.2, 0.25) is 0 Å². The molecule has 1 aliphatic rings. The lowest BCUT2D eigenvalue weighted by Gasteiger charge is -2.23.